The second-order valence-corrected chi connectivity index (χ2v) is 6.82. The SMILES string of the molecule is CCc1cc2c(=O)n(Cc3nc(C)c4ccccc4n3)cnc2s1. The Labute approximate surface area is 142 Å². The molecule has 120 valence electrons. The van der Waals surface area contributed by atoms with Gasteiger partial charge in [0.1, 0.15) is 10.7 Å². The highest BCUT2D eigenvalue weighted by atomic mass is 32.1. The summed E-state index contributed by atoms with van der Waals surface area (Å²) >= 11 is 1.58. The van der Waals surface area contributed by atoms with Crippen LogP contribution in [0.4, 0.5) is 0 Å². The third-order valence-electron chi connectivity index (χ3n) is 4.07. The summed E-state index contributed by atoms with van der Waals surface area (Å²) in [7, 11) is 0. The van der Waals surface area contributed by atoms with Crippen LogP contribution in [0.25, 0.3) is 21.1 Å². The number of aryl methyl sites for hydroxylation is 2. The minimum Gasteiger partial charge on any atom is -0.291 e. The maximum Gasteiger partial charge on any atom is 0.262 e. The van der Waals surface area contributed by atoms with Crippen molar-refractivity contribution in [1.29, 1.82) is 0 Å². The largest absolute Gasteiger partial charge is 0.291 e. The fourth-order valence-corrected chi connectivity index (χ4v) is 3.74. The Morgan fingerprint density at radius 1 is 1.17 bits per heavy atom. The van der Waals surface area contributed by atoms with E-state index in [0.29, 0.717) is 17.8 Å². The summed E-state index contributed by atoms with van der Waals surface area (Å²) in [6, 6.07) is 9.84. The maximum absolute atomic E-state index is 12.7. The monoisotopic (exact) mass is 336 g/mol. The Hall–Kier alpha value is -2.60. The quantitative estimate of drug-likeness (QED) is 0.576. The van der Waals surface area contributed by atoms with Crippen molar-refractivity contribution in [2.75, 3.05) is 0 Å². The molecule has 0 N–H and O–H groups in total. The van der Waals surface area contributed by atoms with Crippen LogP contribution >= 0.6 is 11.3 Å². The molecule has 0 fully saturated rings. The zero-order valence-electron chi connectivity index (χ0n) is 13.5. The second-order valence-electron chi connectivity index (χ2n) is 5.71. The average Bonchev–Trinajstić information content (AvgIpc) is 3.02. The highest BCUT2D eigenvalue weighted by molar-refractivity contribution is 7.18. The third kappa shape index (κ3) is 2.49. The van der Waals surface area contributed by atoms with Crippen molar-refractivity contribution in [2.24, 2.45) is 0 Å². The first kappa shape index (κ1) is 15.0. The molecule has 0 saturated heterocycles. The molecule has 0 aliphatic rings. The molecule has 0 saturated carbocycles. The van der Waals surface area contributed by atoms with Crippen molar-refractivity contribution in [3.63, 3.8) is 0 Å². The van der Waals surface area contributed by atoms with Gasteiger partial charge in [-0.3, -0.25) is 9.36 Å². The second kappa shape index (κ2) is 5.79. The molecule has 6 heteroatoms. The summed E-state index contributed by atoms with van der Waals surface area (Å²) < 4.78 is 1.58. The van der Waals surface area contributed by atoms with Crippen LogP contribution in [0.2, 0.25) is 0 Å². The summed E-state index contributed by atoms with van der Waals surface area (Å²) in [4.78, 5) is 28.2. The van der Waals surface area contributed by atoms with Gasteiger partial charge in [-0.15, -0.1) is 11.3 Å². The van der Waals surface area contributed by atoms with Crippen molar-refractivity contribution in [2.45, 2.75) is 26.8 Å². The average molecular weight is 336 g/mol. The highest BCUT2D eigenvalue weighted by Gasteiger charge is 2.10. The third-order valence-corrected chi connectivity index (χ3v) is 5.26. The number of hydrogen-bond acceptors (Lipinski definition) is 5. The van der Waals surface area contributed by atoms with Crippen LogP contribution < -0.4 is 5.56 Å². The lowest BCUT2D eigenvalue weighted by molar-refractivity contribution is 0.708. The fourth-order valence-electron chi connectivity index (χ4n) is 2.81. The van der Waals surface area contributed by atoms with Gasteiger partial charge in [0.05, 0.1) is 23.8 Å². The number of aromatic nitrogens is 4. The first-order chi connectivity index (χ1) is 11.7. The van der Waals surface area contributed by atoms with E-state index in [4.69, 9.17) is 0 Å². The van der Waals surface area contributed by atoms with Gasteiger partial charge in [0, 0.05) is 16.0 Å². The molecule has 0 bridgehead atoms. The van der Waals surface area contributed by atoms with Crippen LogP contribution in [0.5, 0.6) is 0 Å². The lowest BCUT2D eigenvalue weighted by Gasteiger charge is -2.07. The van der Waals surface area contributed by atoms with Crippen molar-refractivity contribution in [3.8, 4) is 0 Å². The van der Waals surface area contributed by atoms with Gasteiger partial charge in [-0.1, -0.05) is 25.1 Å². The van der Waals surface area contributed by atoms with E-state index < -0.39 is 0 Å². The molecule has 3 aromatic heterocycles. The smallest absolute Gasteiger partial charge is 0.262 e. The van der Waals surface area contributed by atoms with Crippen LogP contribution in [0.15, 0.2) is 41.5 Å². The number of rotatable bonds is 3. The molecule has 0 aliphatic carbocycles. The number of benzene rings is 1. The van der Waals surface area contributed by atoms with Crippen molar-refractivity contribution in [1.82, 2.24) is 19.5 Å². The Bertz CT molecular complexity index is 1110. The van der Waals surface area contributed by atoms with Crippen LogP contribution in [0.3, 0.4) is 0 Å². The number of thiophene rings is 1. The highest BCUT2D eigenvalue weighted by Crippen LogP contribution is 2.21. The summed E-state index contributed by atoms with van der Waals surface area (Å²) in [5, 5.41) is 1.71. The Morgan fingerprint density at radius 3 is 2.83 bits per heavy atom. The van der Waals surface area contributed by atoms with Gasteiger partial charge in [0.25, 0.3) is 5.56 Å². The van der Waals surface area contributed by atoms with Gasteiger partial charge in [0.15, 0.2) is 0 Å². The van der Waals surface area contributed by atoms with E-state index in [1.54, 1.807) is 22.2 Å². The number of nitrogens with zero attached hydrogens (tertiary/aromatic N) is 4. The van der Waals surface area contributed by atoms with Crippen LogP contribution in [-0.4, -0.2) is 19.5 Å². The predicted molar refractivity (Wildman–Crippen MR) is 96.6 cm³/mol. The van der Waals surface area contributed by atoms with E-state index in [0.717, 1.165) is 27.8 Å². The van der Waals surface area contributed by atoms with Crippen LogP contribution in [-0.2, 0) is 13.0 Å². The molecule has 0 spiro atoms. The number of hydrogen-bond donors (Lipinski definition) is 0. The van der Waals surface area contributed by atoms with Gasteiger partial charge < -0.3 is 0 Å². The molecule has 4 rings (SSSR count). The molecule has 0 unspecified atom stereocenters. The molecule has 0 aliphatic heterocycles. The van der Waals surface area contributed by atoms with E-state index >= 15 is 0 Å². The minimum atomic E-state index is -0.0367. The Balaban J connectivity index is 1.79. The van der Waals surface area contributed by atoms with E-state index in [1.807, 2.05) is 37.3 Å². The molecule has 4 aromatic rings. The standard InChI is InChI=1S/C18H16N4OS/c1-3-12-8-14-17(24-12)19-10-22(18(14)23)9-16-20-11(2)13-6-4-5-7-15(13)21-16/h4-8,10H,3,9H2,1-2H3. The van der Waals surface area contributed by atoms with Gasteiger partial charge >= 0.3 is 0 Å². The zero-order valence-corrected chi connectivity index (χ0v) is 14.3. The van der Waals surface area contributed by atoms with E-state index in [-0.39, 0.29) is 5.56 Å². The lowest BCUT2D eigenvalue weighted by Crippen LogP contribution is -2.21. The molecule has 0 radical (unpaired) electrons. The lowest BCUT2D eigenvalue weighted by atomic mass is 10.2. The van der Waals surface area contributed by atoms with Crippen LogP contribution in [0, 0.1) is 6.92 Å². The molecule has 0 atom stereocenters. The summed E-state index contributed by atoms with van der Waals surface area (Å²) in [6.07, 6.45) is 2.50. The Morgan fingerprint density at radius 2 is 2.00 bits per heavy atom. The molecule has 3 heterocycles. The molecular formula is C18H16N4OS. The molecule has 1 aromatic carbocycles. The van der Waals surface area contributed by atoms with Crippen molar-refractivity contribution < 1.29 is 0 Å². The summed E-state index contributed by atoms with van der Waals surface area (Å²) in [5.41, 5.74) is 1.78. The van der Waals surface area contributed by atoms with Crippen LogP contribution in [0.1, 0.15) is 23.3 Å². The van der Waals surface area contributed by atoms with E-state index in [1.165, 1.54) is 4.88 Å². The Kier molecular flexibility index (Phi) is 3.61. The minimum absolute atomic E-state index is 0.0367. The van der Waals surface area contributed by atoms with Gasteiger partial charge in [0.2, 0.25) is 0 Å². The van der Waals surface area contributed by atoms with Gasteiger partial charge in [-0.2, -0.15) is 0 Å². The normalized spacial score (nSPS) is 11.4. The van der Waals surface area contributed by atoms with Gasteiger partial charge in [-0.25, -0.2) is 15.0 Å². The zero-order chi connectivity index (χ0) is 16.7. The molecule has 5 nitrogen and oxygen atoms in total. The number of para-hydroxylation sites is 1. The summed E-state index contributed by atoms with van der Waals surface area (Å²) in [6.45, 7) is 4.36. The first-order valence-corrected chi connectivity index (χ1v) is 8.67. The van der Waals surface area contributed by atoms with Crippen molar-refractivity contribution >= 4 is 32.5 Å². The van der Waals surface area contributed by atoms with E-state index in [9.17, 15) is 4.79 Å². The molecular weight excluding hydrogens is 320 g/mol. The summed E-state index contributed by atoms with van der Waals surface area (Å²) in [5.74, 6) is 0.625. The predicted octanol–water partition coefficient (Wildman–Crippen LogP) is 3.32. The fraction of sp³-hybridized carbons (Fsp3) is 0.222. The van der Waals surface area contributed by atoms with E-state index in [2.05, 4.69) is 21.9 Å². The molecule has 24 heavy (non-hydrogen) atoms. The maximum atomic E-state index is 12.7. The molecule has 0 amide bonds. The number of fused-ring (bicyclic) bond motifs is 2. The van der Waals surface area contributed by atoms with Crippen molar-refractivity contribution in [3.05, 3.63) is 63.4 Å². The van der Waals surface area contributed by atoms with Gasteiger partial charge in [-0.05, 0) is 25.5 Å². The first-order valence-electron chi connectivity index (χ1n) is 7.86. The topological polar surface area (TPSA) is 60.7 Å².